The number of guanidine groups is 2. The summed E-state index contributed by atoms with van der Waals surface area (Å²) in [4.78, 5) is 8.66. The van der Waals surface area contributed by atoms with Gasteiger partial charge in [0.05, 0.1) is 13.1 Å². The molecule has 2 rings (SSSR count). The molecular formula is C18H38I2N6. The van der Waals surface area contributed by atoms with Crippen molar-refractivity contribution in [3.63, 3.8) is 0 Å². The van der Waals surface area contributed by atoms with Crippen LogP contribution in [-0.4, -0.2) is 51.2 Å². The maximum absolute atomic E-state index is 4.33. The number of halogens is 2. The first-order valence-electron chi connectivity index (χ1n) is 9.99. The second-order valence-corrected chi connectivity index (χ2v) is 6.70. The van der Waals surface area contributed by atoms with Crippen LogP contribution < -0.4 is 21.3 Å². The lowest BCUT2D eigenvalue weighted by atomic mass is 10.1. The molecule has 0 saturated heterocycles. The molecule has 4 N–H and O–H groups in total. The molecule has 0 radical (unpaired) electrons. The van der Waals surface area contributed by atoms with Crippen LogP contribution in [0.3, 0.4) is 0 Å². The van der Waals surface area contributed by atoms with Crippen LogP contribution in [0.25, 0.3) is 0 Å². The first-order valence-corrected chi connectivity index (χ1v) is 9.99. The van der Waals surface area contributed by atoms with E-state index >= 15 is 0 Å². The highest BCUT2D eigenvalue weighted by Crippen LogP contribution is 2.10. The molecule has 0 aromatic heterocycles. The van der Waals surface area contributed by atoms with Crippen molar-refractivity contribution >= 4 is 59.9 Å². The van der Waals surface area contributed by atoms with Crippen LogP contribution in [0.4, 0.5) is 0 Å². The van der Waals surface area contributed by atoms with Crippen molar-refractivity contribution in [2.75, 3.05) is 39.3 Å². The summed E-state index contributed by atoms with van der Waals surface area (Å²) >= 11 is 0. The van der Waals surface area contributed by atoms with Gasteiger partial charge in [-0.1, -0.05) is 51.4 Å². The van der Waals surface area contributed by atoms with E-state index in [2.05, 4.69) is 31.3 Å². The number of nitrogens with one attached hydrogen (secondary N) is 4. The molecule has 0 atom stereocenters. The maximum Gasteiger partial charge on any atom is 0.191 e. The van der Waals surface area contributed by atoms with E-state index in [-0.39, 0.29) is 48.0 Å². The standard InChI is InChI=1S/C18H36N6.2HI/c1(3-5-7-9-11-19-17-21-13-14-22-17)2-4-6-8-10-12-20-18-23-15-16-24-18;;/h1-16H2,(H2,19,21,22)(H2,20,23,24);2*1H. The summed E-state index contributed by atoms with van der Waals surface area (Å²) in [5.41, 5.74) is 0. The van der Waals surface area contributed by atoms with E-state index in [1.54, 1.807) is 0 Å². The lowest BCUT2D eigenvalue weighted by Gasteiger charge is -2.07. The fraction of sp³-hybridized carbons (Fsp3) is 0.889. The van der Waals surface area contributed by atoms with Gasteiger partial charge in [-0.05, 0) is 12.8 Å². The molecule has 6 nitrogen and oxygen atoms in total. The van der Waals surface area contributed by atoms with Crippen LogP contribution in [0.15, 0.2) is 9.98 Å². The van der Waals surface area contributed by atoms with E-state index in [1.165, 1.54) is 64.2 Å². The molecule has 0 amide bonds. The first kappa shape index (κ1) is 26.0. The molecule has 0 saturated carbocycles. The Balaban J connectivity index is 0.00000312. The molecule has 0 unspecified atom stereocenters. The highest BCUT2D eigenvalue weighted by molar-refractivity contribution is 14.0. The molecule has 2 heterocycles. The highest BCUT2D eigenvalue weighted by atomic mass is 127. The summed E-state index contributed by atoms with van der Waals surface area (Å²) in [6, 6.07) is 0. The minimum absolute atomic E-state index is 0. The minimum atomic E-state index is 0. The number of rotatable bonds is 13. The Morgan fingerprint density at radius 1 is 0.577 bits per heavy atom. The van der Waals surface area contributed by atoms with Gasteiger partial charge in [-0.3, -0.25) is 9.98 Å². The summed E-state index contributed by atoms with van der Waals surface area (Å²) in [6.45, 7) is 5.94. The third-order valence-corrected chi connectivity index (χ3v) is 4.54. The van der Waals surface area contributed by atoms with Crippen LogP contribution in [0.5, 0.6) is 0 Å². The third kappa shape index (κ3) is 13.2. The van der Waals surface area contributed by atoms with Crippen molar-refractivity contribution in [2.24, 2.45) is 9.98 Å². The summed E-state index contributed by atoms with van der Waals surface area (Å²) in [7, 11) is 0. The largest absolute Gasteiger partial charge is 0.356 e. The Morgan fingerprint density at radius 3 is 1.23 bits per heavy atom. The van der Waals surface area contributed by atoms with Gasteiger partial charge in [-0.25, -0.2) is 0 Å². The second-order valence-electron chi connectivity index (χ2n) is 6.70. The molecule has 8 heteroatoms. The van der Waals surface area contributed by atoms with Gasteiger partial charge in [-0.15, -0.1) is 48.0 Å². The highest BCUT2D eigenvalue weighted by Gasteiger charge is 2.03. The quantitative estimate of drug-likeness (QED) is 0.196. The van der Waals surface area contributed by atoms with Gasteiger partial charge < -0.3 is 21.3 Å². The predicted octanol–water partition coefficient (Wildman–Crippen LogP) is 3.22. The summed E-state index contributed by atoms with van der Waals surface area (Å²) in [5.74, 6) is 2.00. The van der Waals surface area contributed by atoms with E-state index < -0.39 is 0 Å². The second kappa shape index (κ2) is 18.4. The Bertz CT molecular complexity index is 354. The van der Waals surface area contributed by atoms with Gasteiger partial charge in [0, 0.05) is 26.2 Å². The molecule has 0 aromatic carbocycles. The van der Waals surface area contributed by atoms with Crippen LogP contribution >= 0.6 is 48.0 Å². The smallest absolute Gasteiger partial charge is 0.191 e. The molecule has 2 aliphatic heterocycles. The van der Waals surface area contributed by atoms with E-state index in [9.17, 15) is 0 Å². The summed E-state index contributed by atoms with van der Waals surface area (Å²) < 4.78 is 0. The molecule has 0 aromatic rings. The molecule has 0 fully saturated rings. The van der Waals surface area contributed by atoms with E-state index in [4.69, 9.17) is 0 Å². The normalized spacial score (nSPS) is 15.1. The van der Waals surface area contributed by atoms with Crippen molar-refractivity contribution < 1.29 is 0 Å². The molecule has 2 aliphatic rings. The van der Waals surface area contributed by atoms with Crippen molar-refractivity contribution in [1.82, 2.24) is 21.3 Å². The molecule has 0 bridgehead atoms. The number of unbranched alkanes of at least 4 members (excludes halogenated alkanes) is 9. The first-order chi connectivity index (χ1) is 11.9. The van der Waals surface area contributed by atoms with Crippen LogP contribution in [-0.2, 0) is 0 Å². The average molecular weight is 592 g/mol. The van der Waals surface area contributed by atoms with Gasteiger partial charge >= 0.3 is 0 Å². The molecule has 154 valence electrons. The monoisotopic (exact) mass is 592 g/mol. The SMILES string of the molecule is C(CCCCCCNC1=NCCN1)CCCCCNC1=NCCN1.I.I. The number of hydrogen-bond acceptors (Lipinski definition) is 6. The van der Waals surface area contributed by atoms with Gasteiger partial charge in [0.1, 0.15) is 0 Å². The zero-order valence-corrected chi connectivity index (χ0v) is 20.7. The maximum atomic E-state index is 4.33. The number of hydrogen-bond donors (Lipinski definition) is 4. The lowest BCUT2D eigenvalue weighted by molar-refractivity contribution is 0.548. The third-order valence-electron chi connectivity index (χ3n) is 4.54. The van der Waals surface area contributed by atoms with Gasteiger partial charge in [0.25, 0.3) is 0 Å². The average Bonchev–Trinajstić information content (AvgIpc) is 3.28. The van der Waals surface area contributed by atoms with E-state index in [0.29, 0.717) is 0 Å². The van der Waals surface area contributed by atoms with Crippen LogP contribution in [0, 0.1) is 0 Å². The van der Waals surface area contributed by atoms with Crippen LogP contribution in [0.1, 0.15) is 64.2 Å². The van der Waals surface area contributed by atoms with Crippen molar-refractivity contribution in [3.8, 4) is 0 Å². The zero-order valence-electron chi connectivity index (χ0n) is 16.0. The molecule has 0 spiro atoms. The Hall–Kier alpha value is 0. The Labute approximate surface area is 193 Å². The number of aliphatic imine (C=N–C) groups is 2. The van der Waals surface area contributed by atoms with Crippen molar-refractivity contribution in [3.05, 3.63) is 0 Å². The lowest BCUT2D eigenvalue weighted by Crippen LogP contribution is -2.34. The van der Waals surface area contributed by atoms with Gasteiger partial charge in [-0.2, -0.15) is 0 Å². The fourth-order valence-electron chi connectivity index (χ4n) is 3.11. The van der Waals surface area contributed by atoms with Crippen molar-refractivity contribution in [2.45, 2.75) is 64.2 Å². The molecule has 26 heavy (non-hydrogen) atoms. The molecule has 0 aliphatic carbocycles. The minimum Gasteiger partial charge on any atom is -0.356 e. The zero-order chi connectivity index (χ0) is 16.7. The van der Waals surface area contributed by atoms with E-state index in [1.807, 2.05) is 0 Å². The van der Waals surface area contributed by atoms with Crippen molar-refractivity contribution in [1.29, 1.82) is 0 Å². The molecular weight excluding hydrogens is 554 g/mol. The van der Waals surface area contributed by atoms with Gasteiger partial charge in [0.2, 0.25) is 0 Å². The van der Waals surface area contributed by atoms with E-state index in [0.717, 1.165) is 51.2 Å². The fourth-order valence-corrected chi connectivity index (χ4v) is 3.11. The summed E-state index contributed by atoms with van der Waals surface area (Å²) in [5, 5.41) is 13.2. The Kier molecular flexibility index (Phi) is 18.4. The topological polar surface area (TPSA) is 72.8 Å². The van der Waals surface area contributed by atoms with Crippen LogP contribution in [0.2, 0.25) is 0 Å². The van der Waals surface area contributed by atoms with Gasteiger partial charge in [0.15, 0.2) is 11.9 Å². The summed E-state index contributed by atoms with van der Waals surface area (Å²) in [6.07, 6.45) is 13.5. The number of nitrogens with zero attached hydrogens (tertiary/aromatic N) is 2. The predicted molar refractivity (Wildman–Crippen MR) is 134 cm³/mol. The Morgan fingerprint density at radius 2 is 0.923 bits per heavy atom.